The number of nitriles is 1. The zero-order chi connectivity index (χ0) is 14.7. The fraction of sp³-hybridized carbons (Fsp3) is 0.125. The number of benzene rings is 2. The second-order valence-electron chi connectivity index (χ2n) is 4.72. The van der Waals surface area contributed by atoms with Crippen molar-refractivity contribution in [2.24, 2.45) is 5.73 Å². The van der Waals surface area contributed by atoms with Gasteiger partial charge in [0.1, 0.15) is 11.6 Å². The minimum atomic E-state index is -0.712. The van der Waals surface area contributed by atoms with Crippen molar-refractivity contribution in [3.63, 3.8) is 0 Å². The Kier molecular flexibility index (Phi) is 3.72. The van der Waals surface area contributed by atoms with Crippen LogP contribution < -0.4 is 10.6 Å². The predicted octanol–water partition coefficient (Wildman–Crippen LogP) is 2.30. The lowest BCUT2D eigenvalue weighted by atomic mass is 10.0. The Morgan fingerprint density at radius 1 is 1.20 bits per heavy atom. The number of fused-ring (bicyclic) bond motifs is 1. The molecular formula is C16H15N3O. The lowest BCUT2D eigenvalue weighted by molar-refractivity contribution is -0.114. The van der Waals surface area contributed by atoms with Crippen LogP contribution in [0.1, 0.15) is 5.56 Å². The lowest BCUT2D eigenvalue weighted by Gasteiger charge is -2.13. The number of amides is 1. The summed E-state index contributed by atoms with van der Waals surface area (Å²) < 4.78 is 0. The summed E-state index contributed by atoms with van der Waals surface area (Å²) in [6, 6.07) is 13.7. The van der Waals surface area contributed by atoms with Gasteiger partial charge in [0.25, 0.3) is 5.91 Å². The molecule has 2 rings (SSSR count). The van der Waals surface area contributed by atoms with E-state index in [-0.39, 0.29) is 5.57 Å². The number of carbonyl (C=O) groups excluding carboxylic acids is 1. The third-order valence-electron chi connectivity index (χ3n) is 3.06. The Morgan fingerprint density at radius 3 is 2.45 bits per heavy atom. The molecule has 0 spiro atoms. The average molecular weight is 265 g/mol. The number of primary amides is 1. The van der Waals surface area contributed by atoms with Crippen LogP contribution in [0.15, 0.2) is 42.0 Å². The molecule has 0 atom stereocenters. The number of carbonyl (C=O) groups is 1. The summed E-state index contributed by atoms with van der Waals surface area (Å²) in [4.78, 5) is 13.1. The quantitative estimate of drug-likeness (QED) is 0.683. The van der Waals surface area contributed by atoms with E-state index in [1.807, 2.05) is 49.3 Å². The highest BCUT2D eigenvalue weighted by molar-refractivity contribution is 6.01. The van der Waals surface area contributed by atoms with E-state index in [1.165, 1.54) is 6.08 Å². The van der Waals surface area contributed by atoms with Crippen molar-refractivity contribution >= 4 is 28.4 Å². The molecule has 2 aromatic carbocycles. The van der Waals surface area contributed by atoms with E-state index in [0.29, 0.717) is 0 Å². The summed E-state index contributed by atoms with van der Waals surface area (Å²) in [5.41, 5.74) is 6.98. The molecule has 0 saturated heterocycles. The first-order valence-electron chi connectivity index (χ1n) is 6.14. The van der Waals surface area contributed by atoms with Gasteiger partial charge in [0, 0.05) is 19.8 Å². The topological polar surface area (TPSA) is 70.1 Å². The van der Waals surface area contributed by atoms with Gasteiger partial charge in [-0.05, 0) is 40.6 Å². The summed E-state index contributed by atoms with van der Waals surface area (Å²) in [6.07, 6.45) is 1.50. The summed E-state index contributed by atoms with van der Waals surface area (Å²) in [7, 11) is 3.98. The van der Waals surface area contributed by atoms with Crippen LogP contribution in [-0.2, 0) is 4.79 Å². The number of nitrogens with two attached hydrogens (primary N) is 1. The minimum absolute atomic E-state index is 0.0470. The number of rotatable bonds is 3. The number of hydrogen-bond acceptors (Lipinski definition) is 3. The molecule has 20 heavy (non-hydrogen) atoms. The van der Waals surface area contributed by atoms with E-state index in [9.17, 15) is 4.79 Å². The first-order valence-corrected chi connectivity index (χ1v) is 6.14. The van der Waals surface area contributed by atoms with Crippen molar-refractivity contribution in [1.82, 2.24) is 0 Å². The predicted molar refractivity (Wildman–Crippen MR) is 81.1 cm³/mol. The Labute approximate surface area is 117 Å². The van der Waals surface area contributed by atoms with Crippen LogP contribution in [0.2, 0.25) is 0 Å². The van der Waals surface area contributed by atoms with Crippen LogP contribution in [0.5, 0.6) is 0 Å². The summed E-state index contributed by atoms with van der Waals surface area (Å²) >= 11 is 0. The van der Waals surface area contributed by atoms with Gasteiger partial charge in [0.15, 0.2) is 0 Å². The average Bonchev–Trinajstić information content (AvgIpc) is 2.43. The molecule has 0 unspecified atom stereocenters. The largest absolute Gasteiger partial charge is 0.378 e. The standard InChI is InChI=1S/C16H15N3O/c1-19(2)15-6-5-12-7-11(3-4-13(12)9-15)8-14(10-17)16(18)20/h3-9H,1-2H3,(H2,18,20). The summed E-state index contributed by atoms with van der Waals surface area (Å²) in [5, 5.41) is 11.0. The first kappa shape index (κ1) is 13.6. The Balaban J connectivity index is 2.48. The van der Waals surface area contributed by atoms with Crippen LogP contribution >= 0.6 is 0 Å². The highest BCUT2D eigenvalue weighted by Gasteiger charge is 2.04. The fourth-order valence-corrected chi connectivity index (χ4v) is 1.94. The third-order valence-corrected chi connectivity index (χ3v) is 3.06. The third kappa shape index (κ3) is 2.78. The maximum Gasteiger partial charge on any atom is 0.259 e. The van der Waals surface area contributed by atoms with Gasteiger partial charge in [0.05, 0.1) is 0 Å². The Hall–Kier alpha value is -2.80. The fourth-order valence-electron chi connectivity index (χ4n) is 1.94. The van der Waals surface area contributed by atoms with E-state index in [1.54, 1.807) is 6.07 Å². The van der Waals surface area contributed by atoms with Crippen molar-refractivity contribution in [2.75, 3.05) is 19.0 Å². The number of hydrogen-bond donors (Lipinski definition) is 1. The van der Waals surface area contributed by atoms with E-state index >= 15 is 0 Å². The summed E-state index contributed by atoms with van der Waals surface area (Å²) in [6.45, 7) is 0. The van der Waals surface area contributed by atoms with Gasteiger partial charge in [-0.3, -0.25) is 4.79 Å². The molecule has 0 aliphatic rings. The normalized spacial score (nSPS) is 11.2. The first-order chi connectivity index (χ1) is 9.51. The maximum absolute atomic E-state index is 11.0. The van der Waals surface area contributed by atoms with Crippen molar-refractivity contribution < 1.29 is 4.79 Å². The molecule has 0 aliphatic carbocycles. The van der Waals surface area contributed by atoms with E-state index < -0.39 is 5.91 Å². The minimum Gasteiger partial charge on any atom is -0.378 e. The molecule has 0 aromatic heterocycles. The second kappa shape index (κ2) is 5.45. The molecule has 0 heterocycles. The zero-order valence-electron chi connectivity index (χ0n) is 11.4. The van der Waals surface area contributed by atoms with Gasteiger partial charge in [-0.15, -0.1) is 0 Å². The molecule has 0 aliphatic heterocycles. The number of nitrogens with zero attached hydrogens (tertiary/aromatic N) is 2. The van der Waals surface area contributed by atoms with Gasteiger partial charge in [0.2, 0.25) is 0 Å². The number of anilines is 1. The van der Waals surface area contributed by atoms with E-state index in [0.717, 1.165) is 22.0 Å². The van der Waals surface area contributed by atoms with E-state index in [2.05, 4.69) is 6.07 Å². The molecule has 0 radical (unpaired) electrons. The van der Waals surface area contributed by atoms with Crippen LogP contribution in [-0.4, -0.2) is 20.0 Å². The van der Waals surface area contributed by atoms with Crippen LogP contribution in [0.3, 0.4) is 0 Å². The van der Waals surface area contributed by atoms with Crippen molar-refractivity contribution in [2.45, 2.75) is 0 Å². The van der Waals surface area contributed by atoms with E-state index in [4.69, 9.17) is 11.0 Å². The van der Waals surface area contributed by atoms with Crippen molar-refractivity contribution in [3.05, 3.63) is 47.5 Å². The van der Waals surface area contributed by atoms with Crippen LogP contribution in [0, 0.1) is 11.3 Å². The molecule has 0 saturated carbocycles. The molecule has 1 amide bonds. The van der Waals surface area contributed by atoms with Gasteiger partial charge < -0.3 is 10.6 Å². The van der Waals surface area contributed by atoms with Gasteiger partial charge in [-0.1, -0.05) is 18.2 Å². The van der Waals surface area contributed by atoms with Crippen LogP contribution in [0.25, 0.3) is 16.8 Å². The lowest BCUT2D eigenvalue weighted by Crippen LogP contribution is -2.12. The molecule has 100 valence electrons. The smallest absolute Gasteiger partial charge is 0.259 e. The van der Waals surface area contributed by atoms with Gasteiger partial charge in [-0.2, -0.15) is 5.26 Å². The monoisotopic (exact) mass is 265 g/mol. The highest BCUT2D eigenvalue weighted by atomic mass is 16.1. The summed E-state index contributed by atoms with van der Waals surface area (Å²) in [5.74, 6) is -0.712. The zero-order valence-corrected chi connectivity index (χ0v) is 11.4. The Morgan fingerprint density at radius 2 is 1.85 bits per heavy atom. The Bertz CT molecular complexity index is 739. The highest BCUT2D eigenvalue weighted by Crippen LogP contribution is 2.23. The molecule has 2 N–H and O–H groups in total. The SMILES string of the molecule is CN(C)c1ccc2cc(C=C(C#N)C(N)=O)ccc2c1. The molecular weight excluding hydrogens is 250 g/mol. The second-order valence-corrected chi connectivity index (χ2v) is 4.72. The van der Waals surface area contributed by atoms with Crippen molar-refractivity contribution in [3.8, 4) is 6.07 Å². The molecule has 2 aromatic rings. The molecule has 0 fully saturated rings. The molecule has 4 heteroatoms. The van der Waals surface area contributed by atoms with Gasteiger partial charge >= 0.3 is 0 Å². The van der Waals surface area contributed by atoms with Crippen LogP contribution in [0.4, 0.5) is 5.69 Å². The molecule has 4 nitrogen and oxygen atoms in total. The van der Waals surface area contributed by atoms with Gasteiger partial charge in [-0.25, -0.2) is 0 Å². The van der Waals surface area contributed by atoms with Crippen molar-refractivity contribution in [1.29, 1.82) is 5.26 Å². The maximum atomic E-state index is 11.0. The molecule has 0 bridgehead atoms.